The quantitative estimate of drug-likeness (QED) is 0.598. The molecular weight excluding hydrogens is 406 g/mol. The molecule has 1 aromatic heterocycles. The molecule has 0 N–H and O–H groups in total. The molecule has 1 aliphatic heterocycles. The molecule has 0 bridgehead atoms. The lowest BCUT2D eigenvalue weighted by Crippen LogP contribution is -2.51. The predicted octanol–water partition coefficient (Wildman–Crippen LogP) is 2.05. The Morgan fingerprint density at radius 1 is 1.06 bits per heavy atom. The van der Waals surface area contributed by atoms with Crippen LogP contribution in [0.2, 0.25) is 0 Å². The number of amides is 1. The van der Waals surface area contributed by atoms with E-state index in [1.165, 1.54) is 10.7 Å². The molecule has 1 aliphatic rings. The highest BCUT2D eigenvalue weighted by Crippen LogP contribution is 2.16. The third-order valence-electron chi connectivity index (χ3n) is 5.13. The van der Waals surface area contributed by atoms with Gasteiger partial charge in [-0.3, -0.25) is 9.69 Å². The van der Waals surface area contributed by atoms with Gasteiger partial charge in [-0.2, -0.15) is 4.68 Å². The van der Waals surface area contributed by atoms with Crippen molar-refractivity contribution in [3.63, 3.8) is 0 Å². The molecule has 3 aromatic rings. The summed E-state index contributed by atoms with van der Waals surface area (Å²) in [4.78, 5) is 16.6. The maximum atomic E-state index is 13.6. The Labute approximate surface area is 178 Å². The molecule has 0 aliphatic carbocycles. The summed E-state index contributed by atoms with van der Waals surface area (Å²) in [6.07, 6.45) is -0.574. The minimum atomic E-state index is -0.960. The van der Waals surface area contributed by atoms with Crippen molar-refractivity contribution in [1.29, 1.82) is 0 Å². The second-order valence-electron chi connectivity index (χ2n) is 7.28. The first-order chi connectivity index (χ1) is 15.0. The van der Waals surface area contributed by atoms with Crippen molar-refractivity contribution in [2.75, 3.05) is 26.2 Å². The molecular formula is C21H22F2N6O2. The lowest BCUT2D eigenvalue weighted by Gasteiger charge is -2.35. The monoisotopic (exact) mass is 428 g/mol. The van der Waals surface area contributed by atoms with Gasteiger partial charge < -0.3 is 9.64 Å². The lowest BCUT2D eigenvalue weighted by molar-refractivity contribution is -0.139. The van der Waals surface area contributed by atoms with Gasteiger partial charge in [0.1, 0.15) is 5.75 Å². The molecule has 4 rings (SSSR count). The number of halogens is 2. The van der Waals surface area contributed by atoms with Crippen molar-refractivity contribution in [3.05, 3.63) is 66.0 Å². The van der Waals surface area contributed by atoms with Crippen LogP contribution in [0.25, 0.3) is 5.69 Å². The summed E-state index contributed by atoms with van der Waals surface area (Å²) >= 11 is 0. The molecule has 2 heterocycles. The fourth-order valence-electron chi connectivity index (χ4n) is 3.46. The van der Waals surface area contributed by atoms with Crippen molar-refractivity contribution >= 4 is 5.91 Å². The SMILES string of the molecule is C[C@H](Oc1ccccc1)C(=O)N1CCN(Cc2nnnn2-c2ccc(F)c(F)c2)CC1. The average Bonchev–Trinajstić information content (AvgIpc) is 3.24. The minimum Gasteiger partial charge on any atom is -0.481 e. The van der Waals surface area contributed by atoms with Crippen LogP contribution in [0.1, 0.15) is 12.7 Å². The molecule has 162 valence electrons. The van der Waals surface area contributed by atoms with Crippen molar-refractivity contribution in [3.8, 4) is 11.4 Å². The number of carbonyl (C=O) groups excluding carboxylic acids is 1. The molecule has 0 spiro atoms. The fraction of sp³-hybridized carbons (Fsp3) is 0.333. The molecule has 0 unspecified atom stereocenters. The minimum absolute atomic E-state index is 0.0601. The van der Waals surface area contributed by atoms with Crippen LogP contribution in [-0.4, -0.2) is 68.2 Å². The van der Waals surface area contributed by atoms with E-state index in [0.29, 0.717) is 50.0 Å². The number of hydrogen-bond donors (Lipinski definition) is 0. The smallest absolute Gasteiger partial charge is 0.263 e. The second kappa shape index (κ2) is 9.17. The first kappa shape index (κ1) is 20.9. The summed E-state index contributed by atoms with van der Waals surface area (Å²) in [6, 6.07) is 12.8. The molecule has 8 nitrogen and oxygen atoms in total. The average molecular weight is 428 g/mol. The van der Waals surface area contributed by atoms with Crippen LogP contribution in [0.3, 0.4) is 0 Å². The predicted molar refractivity (Wildman–Crippen MR) is 107 cm³/mol. The Bertz CT molecular complexity index is 1040. The lowest BCUT2D eigenvalue weighted by atomic mass is 10.2. The van der Waals surface area contributed by atoms with Gasteiger partial charge in [0.25, 0.3) is 5.91 Å². The fourth-order valence-corrected chi connectivity index (χ4v) is 3.46. The molecule has 31 heavy (non-hydrogen) atoms. The second-order valence-corrected chi connectivity index (χ2v) is 7.28. The third kappa shape index (κ3) is 4.85. The highest BCUT2D eigenvalue weighted by Gasteiger charge is 2.27. The number of nitrogens with zero attached hydrogens (tertiary/aromatic N) is 6. The van der Waals surface area contributed by atoms with Crippen LogP contribution in [-0.2, 0) is 11.3 Å². The number of hydrogen-bond acceptors (Lipinski definition) is 6. The normalized spacial score (nSPS) is 15.6. The number of carbonyl (C=O) groups is 1. The zero-order valence-corrected chi connectivity index (χ0v) is 17.0. The van der Waals surface area contributed by atoms with Gasteiger partial charge in [-0.05, 0) is 41.6 Å². The Balaban J connectivity index is 1.33. The largest absolute Gasteiger partial charge is 0.481 e. The van der Waals surface area contributed by atoms with E-state index in [9.17, 15) is 13.6 Å². The van der Waals surface area contributed by atoms with Gasteiger partial charge in [-0.1, -0.05) is 18.2 Å². The van der Waals surface area contributed by atoms with E-state index >= 15 is 0 Å². The molecule has 0 saturated carbocycles. The molecule has 10 heteroatoms. The first-order valence-electron chi connectivity index (χ1n) is 9.97. The number of ether oxygens (including phenoxy) is 1. The maximum Gasteiger partial charge on any atom is 0.263 e. The summed E-state index contributed by atoms with van der Waals surface area (Å²) in [6.45, 7) is 4.53. The van der Waals surface area contributed by atoms with Gasteiger partial charge in [0, 0.05) is 32.2 Å². The van der Waals surface area contributed by atoms with E-state index in [4.69, 9.17) is 4.74 Å². The highest BCUT2D eigenvalue weighted by molar-refractivity contribution is 5.81. The summed E-state index contributed by atoms with van der Waals surface area (Å²) in [5.41, 5.74) is 0.347. The Morgan fingerprint density at radius 3 is 2.52 bits per heavy atom. The van der Waals surface area contributed by atoms with Gasteiger partial charge >= 0.3 is 0 Å². The van der Waals surface area contributed by atoms with Crippen molar-refractivity contribution in [2.45, 2.75) is 19.6 Å². The molecule has 2 aromatic carbocycles. The molecule has 1 saturated heterocycles. The highest BCUT2D eigenvalue weighted by atomic mass is 19.2. The van der Waals surface area contributed by atoms with Crippen molar-refractivity contribution < 1.29 is 18.3 Å². The van der Waals surface area contributed by atoms with E-state index in [1.807, 2.05) is 30.3 Å². The number of tetrazole rings is 1. The van der Waals surface area contributed by atoms with Crippen LogP contribution in [0.5, 0.6) is 5.75 Å². The third-order valence-corrected chi connectivity index (χ3v) is 5.13. The summed E-state index contributed by atoms with van der Waals surface area (Å²) in [5, 5.41) is 11.6. The molecule has 1 atom stereocenters. The zero-order valence-electron chi connectivity index (χ0n) is 17.0. The van der Waals surface area contributed by atoms with Gasteiger partial charge in [0.2, 0.25) is 0 Å². The molecule has 0 radical (unpaired) electrons. The molecule has 1 fully saturated rings. The van der Waals surface area contributed by atoms with Crippen LogP contribution in [0.15, 0.2) is 48.5 Å². The maximum absolute atomic E-state index is 13.6. The van der Waals surface area contributed by atoms with Crippen LogP contribution >= 0.6 is 0 Å². The van der Waals surface area contributed by atoms with Crippen molar-refractivity contribution in [2.24, 2.45) is 0 Å². The Kier molecular flexibility index (Phi) is 6.17. The Morgan fingerprint density at radius 2 is 1.81 bits per heavy atom. The Hall–Kier alpha value is -3.40. The zero-order chi connectivity index (χ0) is 21.8. The van der Waals surface area contributed by atoms with E-state index in [1.54, 1.807) is 11.8 Å². The van der Waals surface area contributed by atoms with Gasteiger partial charge in [0.15, 0.2) is 23.6 Å². The van der Waals surface area contributed by atoms with E-state index in [2.05, 4.69) is 20.4 Å². The van der Waals surface area contributed by atoms with Crippen molar-refractivity contribution in [1.82, 2.24) is 30.0 Å². The standard InChI is InChI=1S/C21H22F2N6O2/c1-15(31-17-5-3-2-4-6-17)21(30)28-11-9-27(10-12-28)14-20-24-25-26-29(20)16-7-8-18(22)19(23)13-16/h2-8,13,15H,9-12,14H2,1H3/t15-/m0/s1. The molecule has 1 amide bonds. The van der Waals surface area contributed by atoms with Crippen LogP contribution < -0.4 is 4.74 Å². The number of benzene rings is 2. The number of aromatic nitrogens is 4. The summed E-state index contributed by atoms with van der Waals surface area (Å²) in [5.74, 6) is -0.782. The number of piperazine rings is 1. The topological polar surface area (TPSA) is 76.4 Å². The van der Waals surface area contributed by atoms with Gasteiger partial charge in [0.05, 0.1) is 12.2 Å². The number of rotatable bonds is 6. The number of para-hydroxylation sites is 1. The van der Waals surface area contributed by atoms with Crippen LogP contribution in [0, 0.1) is 11.6 Å². The van der Waals surface area contributed by atoms with Crippen LogP contribution in [0.4, 0.5) is 8.78 Å². The summed E-state index contributed by atoms with van der Waals surface area (Å²) < 4.78 is 33.9. The van der Waals surface area contributed by atoms with Gasteiger partial charge in [-0.25, -0.2) is 8.78 Å². The first-order valence-corrected chi connectivity index (χ1v) is 9.97. The van der Waals surface area contributed by atoms with E-state index < -0.39 is 17.7 Å². The summed E-state index contributed by atoms with van der Waals surface area (Å²) in [7, 11) is 0. The van der Waals surface area contributed by atoms with E-state index in [-0.39, 0.29) is 5.91 Å². The van der Waals surface area contributed by atoms with E-state index in [0.717, 1.165) is 12.1 Å². The van der Waals surface area contributed by atoms with Gasteiger partial charge in [-0.15, -0.1) is 5.10 Å².